The maximum atomic E-state index is 11.6. The van der Waals surface area contributed by atoms with Crippen LogP contribution in [0.15, 0.2) is 53.8 Å². The molecule has 2 aliphatic heterocycles. The van der Waals surface area contributed by atoms with Gasteiger partial charge < -0.3 is 18.9 Å². The highest BCUT2D eigenvalue weighted by Gasteiger charge is 2.38. The zero-order valence-electron chi connectivity index (χ0n) is 16.0. The van der Waals surface area contributed by atoms with E-state index in [9.17, 15) is 8.42 Å². The number of fused-ring (bicyclic) bond motifs is 2. The summed E-state index contributed by atoms with van der Waals surface area (Å²) in [5.41, 5.74) is 2.04. The third-order valence-corrected chi connectivity index (χ3v) is 6.67. The molecule has 2 fully saturated rings. The predicted octanol–water partition coefficient (Wildman–Crippen LogP) is 1.68. The lowest BCUT2D eigenvalue weighted by atomic mass is 10.2. The molecular weight excluding hydrogens is 392 g/mol. The molecule has 0 aliphatic carbocycles. The summed E-state index contributed by atoms with van der Waals surface area (Å²) in [6.07, 6.45) is 4.33. The van der Waals surface area contributed by atoms with Crippen LogP contribution in [0.5, 0.6) is 0 Å². The van der Waals surface area contributed by atoms with Crippen molar-refractivity contribution in [1.82, 2.24) is 14.5 Å². The number of rotatable bonds is 3. The molecule has 4 heterocycles. The van der Waals surface area contributed by atoms with Crippen molar-refractivity contribution in [2.24, 2.45) is 0 Å². The minimum absolute atomic E-state index is 0.0498. The van der Waals surface area contributed by atoms with Crippen molar-refractivity contribution in [2.45, 2.75) is 23.1 Å². The first-order valence-electron chi connectivity index (χ1n) is 9.55. The Morgan fingerprint density at radius 2 is 1.72 bits per heavy atom. The van der Waals surface area contributed by atoms with E-state index in [4.69, 9.17) is 9.47 Å². The Hall–Kier alpha value is -2.49. The average molecular weight is 414 g/mol. The quantitative estimate of drug-likeness (QED) is 0.644. The zero-order valence-corrected chi connectivity index (χ0v) is 16.8. The highest BCUT2D eigenvalue weighted by atomic mass is 32.2. The summed E-state index contributed by atoms with van der Waals surface area (Å²) < 4.78 is 37.8. The van der Waals surface area contributed by atoms with Gasteiger partial charge >= 0.3 is 0 Å². The summed E-state index contributed by atoms with van der Waals surface area (Å²) in [5.74, 6) is 0.731. The van der Waals surface area contributed by atoms with Gasteiger partial charge in [-0.15, -0.1) is 0 Å². The molecule has 9 heteroatoms. The van der Waals surface area contributed by atoms with E-state index < -0.39 is 9.84 Å². The smallest absolute Gasteiger partial charge is 0.177 e. The van der Waals surface area contributed by atoms with Crippen molar-refractivity contribution >= 4 is 26.7 Å². The van der Waals surface area contributed by atoms with Gasteiger partial charge in [0.05, 0.1) is 41.5 Å². The predicted molar refractivity (Wildman–Crippen MR) is 108 cm³/mol. The van der Waals surface area contributed by atoms with Crippen LogP contribution in [-0.4, -0.2) is 67.7 Å². The number of anilines is 1. The fourth-order valence-corrected chi connectivity index (χ4v) is 4.54. The zero-order chi connectivity index (χ0) is 20.0. The molecule has 0 bridgehead atoms. The fourth-order valence-electron chi connectivity index (χ4n) is 3.98. The van der Waals surface area contributed by atoms with Gasteiger partial charge in [0, 0.05) is 25.5 Å². The molecule has 0 unspecified atom stereocenters. The van der Waals surface area contributed by atoms with Gasteiger partial charge in [0.15, 0.2) is 9.84 Å². The summed E-state index contributed by atoms with van der Waals surface area (Å²) in [5, 5.41) is 0. The third kappa shape index (κ3) is 3.50. The molecule has 0 N–H and O–H groups in total. The molecule has 0 radical (unpaired) electrons. The van der Waals surface area contributed by atoms with E-state index in [2.05, 4.69) is 25.5 Å². The highest BCUT2D eigenvalue weighted by molar-refractivity contribution is 7.90. The molecule has 29 heavy (non-hydrogen) atoms. The van der Waals surface area contributed by atoms with Crippen molar-refractivity contribution in [1.29, 1.82) is 0 Å². The van der Waals surface area contributed by atoms with Gasteiger partial charge in [0.2, 0.25) is 0 Å². The minimum Gasteiger partial charge on any atom is -0.371 e. The van der Waals surface area contributed by atoms with Crippen molar-refractivity contribution in [3.05, 3.63) is 48.9 Å². The molecule has 8 nitrogen and oxygen atoms in total. The lowest BCUT2D eigenvalue weighted by Gasteiger charge is -2.20. The van der Waals surface area contributed by atoms with Gasteiger partial charge in [-0.1, -0.05) is 12.1 Å². The molecule has 0 amide bonds. The third-order valence-electron chi connectivity index (χ3n) is 5.57. The van der Waals surface area contributed by atoms with Crippen LogP contribution in [0, 0.1) is 0 Å². The Morgan fingerprint density at radius 1 is 1.00 bits per heavy atom. The Bertz CT molecular complexity index is 1110. The van der Waals surface area contributed by atoms with Crippen molar-refractivity contribution in [3.63, 3.8) is 0 Å². The number of benzene rings is 1. The first-order valence-corrected chi connectivity index (χ1v) is 11.4. The van der Waals surface area contributed by atoms with Gasteiger partial charge in [-0.25, -0.2) is 18.4 Å². The van der Waals surface area contributed by atoms with Crippen molar-refractivity contribution in [3.8, 4) is 0 Å². The number of ether oxygens (including phenoxy) is 2. The molecule has 2 saturated heterocycles. The summed E-state index contributed by atoms with van der Waals surface area (Å²) in [6, 6.07) is 11.5. The first-order chi connectivity index (χ1) is 14.0. The van der Waals surface area contributed by atoms with Crippen molar-refractivity contribution in [2.75, 3.05) is 37.5 Å². The second-order valence-electron chi connectivity index (χ2n) is 7.57. The van der Waals surface area contributed by atoms with E-state index in [1.54, 1.807) is 12.1 Å². The summed E-state index contributed by atoms with van der Waals surface area (Å²) >= 11 is 0. The van der Waals surface area contributed by atoms with E-state index in [1.807, 2.05) is 24.5 Å². The molecule has 2 atom stereocenters. The van der Waals surface area contributed by atoms with Gasteiger partial charge in [0.25, 0.3) is 0 Å². The number of imidazole rings is 1. The largest absolute Gasteiger partial charge is 0.371 e. The Kier molecular flexibility index (Phi) is 4.53. The molecule has 3 aromatic rings. The second kappa shape index (κ2) is 7.08. The van der Waals surface area contributed by atoms with E-state index in [-0.39, 0.29) is 23.1 Å². The van der Waals surface area contributed by atoms with Crippen LogP contribution in [0.2, 0.25) is 0 Å². The molecule has 1 aromatic carbocycles. The van der Waals surface area contributed by atoms with Crippen LogP contribution in [0.1, 0.15) is 6.04 Å². The number of sulfone groups is 1. The number of hydrogen-bond donors (Lipinski definition) is 0. The van der Waals surface area contributed by atoms with Gasteiger partial charge in [0.1, 0.15) is 18.0 Å². The second-order valence-corrected chi connectivity index (χ2v) is 9.58. The minimum atomic E-state index is -3.25. The van der Waals surface area contributed by atoms with E-state index in [1.165, 1.54) is 12.5 Å². The number of aromatic nitrogens is 3. The standard InChI is InChI=1S/C20H22N4O4S/c1-29(25,26)15-6-7-20(21-8-15)23-9-18-19(10-23)28-12-14(11-27-18)24-13-22-16-4-2-3-5-17(16)24/h2-8,13-14,18-19H,9-12H2,1H3/t18-,19-/m0/s1. The van der Waals surface area contributed by atoms with Crippen LogP contribution < -0.4 is 4.90 Å². The lowest BCUT2D eigenvalue weighted by Crippen LogP contribution is -2.27. The van der Waals surface area contributed by atoms with Gasteiger partial charge in [-0.2, -0.15) is 0 Å². The molecule has 2 aromatic heterocycles. The lowest BCUT2D eigenvalue weighted by molar-refractivity contribution is -0.00461. The maximum Gasteiger partial charge on any atom is 0.177 e. The van der Waals surface area contributed by atoms with Gasteiger partial charge in [-0.3, -0.25) is 0 Å². The number of nitrogens with zero attached hydrogens (tertiary/aromatic N) is 4. The summed E-state index contributed by atoms with van der Waals surface area (Å²) in [4.78, 5) is 11.1. The van der Waals surface area contributed by atoms with Crippen LogP contribution >= 0.6 is 0 Å². The maximum absolute atomic E-state index is 11.6. The Balaban J connectivity index is 1.28. The normalized spacial score (nSPS) is 23.3. The van der Waals surface area contributed by atoms with Crippen LogP contribution in [-0.2, 0) is 19.3 Å². The SMILES string of the molecule is CS(=O)(=O)c1ccc(N2C[C@@H]3OCC(n4cnc5ccccc54)CO[C@H]3C2)nc1. The molecule has 0 spiro atoms. The number of para-hydroxylation sites is 2. The first kappa shape index (κ1) is 18.5. The molecular formula is C20H22N4O4S. The van der Waals surface area contributed by atoms with Crippen LogP contribution in [0.4, 0.5) is 5.82 Å². The highest BCUT2D eigenvalue weighted by Crippen LogP contribution is 2.28. The van der Waals surface area contributed by atoms with E-state index >= 15 is 0 Å². The number of hydrogen-bond acceptors (Lipinski definition) is 7. The molecule has 5 rings (SSSR count). The molecule has 152 valence electrons. The fraction of sp³-hybridized carbons (Fsp3) is 0.400. The van der Waals surface area contributed by atoms with Crippen LogP contribution in [0.3, 0.4) is 0 Å². The molecule has 0 saturated carbocycles. The average Bonchev–Trinajstić information content (AvgIpc) is 3.27. The van der Waals surface area contributed by atoms with E-state index in [0.717, 1.165) is 16.9 Å². The summed E-state index contributed by atoms with van der Waals surface area (Å²) in [7, 11) is -3.25. The monoisotopic (exact) mass is 414 g/mol. The van der Waals surface area contributed by atoms with E-state index in [0.29, 0.717) is 26.3 Å². The topological polar surface area (TPSA) is 86.6 Å². The summed E-state index contributed by atoms with van der Waals surface area (Å²) in [6.45, 7) is 2.42. The Labute approximate surface area is 169 Å². The van der Waals surface area contributed by atoms with Crippen LogP contribution in [0.25, 0.3) is 11.0 Å². The Morgan fingerprint density at radius 3 is 2.38 bits per heavy atom. The number of pyridine rings is 1. The molecule has 2 aliphatic rings. The van der Waals surface area contributed by atoms with Crippen molar-refractivity contribution < 1.29 is 17.9 Å². The van der Waals surface area contributed by atoms with Gasteiger partial charge in [-0.05, 0) is 24.3 Å².